The lowest BCUT2D eigenvalue weighted by Crippen LogP contribution is -2.37. The van der Waals surface area contributed by atoms with Gasteiger partial charge in [0.15, 0.2) is 0 Å². The Morgan fingerprint density at radius 1 is 0.468 bits per heavy atom. The molecule has 0 aliphatic heterocycles. The molecular formula is C36H43ClF9N. The summed E-state index contributed by atoms with van der Waals surface area (Å²) < 4.78 is 126. The summed E-state index contributed by atoms with van der Waals surface area (Å²) in [6.07, 6.45) is -8.99. The second-order valence-electron chi connectivity index (χ2n) is 11.8. The first-order chi connectivity index (χ1) is 21.6. The standard InChI is InChI=1S/C36H42F9N.ClH/c1-4-7-19-31(25-13-10-16-28(22-25)34(37,38)39)46(32(20-8-5-2)26-14-11-17-29(23-26)35(40,41)42)33(21-9-6-3)27-15-12-18-30(24-27)36(43,44)45;/h10-18,22-24,31-33H,4-9,19-21H2,1-3H3;1H. The van der Waals surface area contributed by atoms with Crippen LogP contribution in [0.3, 0.4) is 0 Å². The molecule has 3 unspecified atom stereocenters. The van der Waals surface area contributed by atoms with Crippen molar-refractivity contribution in [2.75, 3.05) is 0 Å². The lowest BCUT2D eigenvalue weighted by Gasteiger charge is -2.45. The fraction of sp³-hybridized carbons (Fsp3) is 0.500. The number of halogens is 10. The third kappa shape index (κ3) is 11.2. The van der Waals surface area contributed by atoms with Gasteiger partial charge in [0.1, 0.15) is 0 Å². The van der Waals surface area contributed by atoms with Crippen molar-refractivity contribution in [3.63, 3.8) is 0 Å². The van der Waals surface area contributed by atoms with Gasteiger partial charge in [-0.15, -0.1) is 12.4 Å². The molecule has 0 spiro atoms. The van der Waals surface area contributed by atoms with Crippen LogP contribution in [-0.4, -0.2) is 4.90 Å². The Bertz CT molecular complexity index is 1200. The van der Waals surface area contributed by atoms with Gasteiger partial charge in [-0.25, -0.2) is 0 Å². The highest BCUT2D eigenvalue weighted by molar-refractivity contribution is 5.85. The van der Waals surface area contributed by atoms with E-state index in [4.69, 9.17) is 0 Å². The summed E-state index contributed by atoms with van der Waals surface area (Å²) in [5, 5.41) is 0. The van der Waals surface area contributed by atoms with Gasteiger partial charge in [-0.1, -0.05) is 95.7 Å². The van der Waals surface area contributed by atoms with Crippen LogP contribution in [0.4, 0.5) is 39.5 Å². The predicted octanol–water partition coefficient (Wildman–Crippen LogP) is 13.6. The smallest absolute Gasteiger partial charge is 0.282 e. The van der Waals surface area contributed by atoms with Crippen LogP contribution in [-0.2, 0) is 18.5 Å². The minimum Gasteiger partial charge on any atom is -0.282 e. The number of hydrogen-bond acceptors (Lipinski definition) is 1. The van der Waals surface area contributed by atoms with Crippen LogP contribution in [0.1, 0.15) is 130 Å². The highest BCUT2D eigenvalue weighted by atomic mass is 35.5. The van der Waals surface area contributed by atoms with E-state index in [1.54, 1.807) is 18.2 Å². The van der Waals surface area contributed by atoms with E-state index in [2.05, 4.69) is 0 Å². The van der Waals surface area contributed by atoms with E-state index in [9.17, 15) is 39.5 Å². The van der Waals surface area contributed by atoms with Crippen molar-refractivity contribution >= 4 is 12.4 Å². The van der Waals surface area contributed by atoms with E-state index >= 15 is 0 Å². The maximum Gasteiger partial charge on any atom is 0.416 e. The largest absolute Gasteiger partial charge is 0.416 e. The Labute approximate surface area is 278 Å². The monoisotopic (exact) mass is 695 g/mol. The fourth-order valence-corrected chi connectivity index (χ4v) is 6.07. The molecule has 3 aromatic rings. The van der Waals surface area contributed by atoms with Gasteiger partial charge in [-0.05, 0) is 72.4 Å². The van der Waals surface area contributed by atoms with Crippen LogP contribution in [0.2, 0.25) is 0 Å². The molecule has 1 nitrogen and oxygen atoms in total. The molecule has 0 bridgehead atoms. The molecule has 47 heavy (non-hydrogen) atoms. The zero-order valence-electron chi connectivity index (χ0n) is 26.8. The van der Waals surface area contributed by atoms with Gasteiger partial charge < -0.3 is 0 Å². The SMILES string of the molecule is CCCCC(c1cccc(C(F)(F)F)c1)N(C(CCCC)c1cccc(C(F)(F)F)c1)C(CCCC)c1cccc(C(F)(F)F)c1.Cl. The number of hydrogen-bond donors (Lipinski definition) is 0. The van der Waals surface area contributed by atoms with E-state index in [1.807, 2.05) is 25.7 Å². The molecule has 0 heterocycles. The third-order valence-electron chi connectivity index (χ3n) is 8.37. The van der Waals surface area contributed by atoms with Crippen LogP contribution >= 0.6 is 12.4 Å². The van der Waals surface area contributed by atoms with Gasteiger partial charge in [-0.3, -0.25) is 4.90 Å². The van der Waals surface area contributed by atoms with Crippen molar-refractivity contribution in [1.29, 1.82) is 0 Å². The van der Waals surface area contributed by atoms with Crippen molar-refractivity contribution in [3.8, 4) is 0 Å². The third-order valence-corrected chi connectivity index (χ3v) is 8.37. The van der Waals surface area contributed by atoms with Gasteiger partial charge in [0.2, 0.25) is 0 Å². The number of rotatable bonds is 15. The summed E-state index contributed by atoms with van der Waals surface area (Å²) in [4.78, 5) is 1.93. The maximum absolute atomic E-state index is 14.0. The summed E-state index contributed by atoms with van der Waals surface area (Å²) >= 11 is 0. The summed E-state index contributed by atoms with van der Waals surface area (Å²) in [5.41, 5.74) is -1.61. The molecule has 0 amide bonds. The lowest BCUT2D eigenvalue weighted by molar-refractivity contribution is -0.138. The van der Waals surface area contributed by atoms with Crippen molar-refractivity contribution in [2.45, 2.75) is 115 Å². The first kappa shape index (κ1) is 40.5. The maximum atomic E-state index is 14.0. The van der Waals surface area contributed by atoms with Crippen molar-refractivity contribution in [2.24, 2.45) is 0 Å². The average Bonchev–Trinajstić information content (AvgIpc) is 3.00. The van der Waals surface area contributed by atoms with Crippen LogP contribution in [0.5, 0.6) is 0 Å². The summed E-state index contributed by atoms with van der Waals surface area (Å²) in [7, 11) is 0. The number of benzene rings is 3. The molecule has 262 valence electrons. The Morgan fingerprint density at radius 2 is 0.723 bits per heavy atom. The number of nitrogens with zero attached hydrogens (tertiary/aromatic N) is 1. The number of unbranched alkanes of at least 4 members (excludes halogenated alkanes) is 3. The molecule has 0 fully saturated rings. The van der Waals surface area contributed by atoms with Gasteiger partial charge in [0, 0.05) is 18.1 Å². The first-order valence-electron chi connectivity index (χ1n) is 15.9. The minimum absolute atomic E-state index is 0. The van der Waals surface area contributed by atoms with E-state index in [1.165, 1.54) is 18.2 Å². The Morgan fingerprint density at radius 3 is 0.936 bits per heavy atom. The van der Waals surface area contributed by atoms with Gasteiger partial charge >= 0.3 is 18.5 Å². The molecule has 11 heteroatoms. The van der Waals surface area contributed by atoms with Crippen molar-refractivity contribution in [1.82, 2.24) is 4.90 Å². The Balaban J connectivity index is 0.00000768. The van der Waals surface area contributed by atoms with Crippen LogP contribution < -0.4 is 0 Å². The molecule has 0 saturated carbocycles. The van der Waals surface area contributed by atoms with E-state index in [0.29, 0.717) is 74.5 Å². The molecule has 0 aliphatic carbocycles. The van der Waals surface area contributed by atoms with Crippen LogP contribution in [0, 0.1) is 0 Å². The van der Waals surface area contributed by atoms with Gasteiger partial charge in [-0.2, -0.15) is 39.5 Å². The summed E-state index contributed by atoms with van der Waals surface area (Å²) in [5.74, 6) is 0. The van der Waals surface area contributed by atoms with E-state index in [0.717, 1.165) is 36.4 Å². The van der Waals surface area contributed by atoms with Crippen molar-refractivity contribution in [3.05, 3.63) is 106 Å². The predicted molar refractivity (Wildman–Crippen MR) is 170 cm³/mol. The summed E-state index contributed by atoms with van der Waals surface area (Å²) in [6, 6.07) is 12.6. The molecule has 3 rings (SSSR count). The molecule has 3 aromatic carbocycles. The molecule has 3 atom stereocenters. The van der Waals surface area contributed by atoms with Crippen LogP contribution in [0.25, 0.3) is 0 Å². The molecule has 0 N–H and O–H groups in total. The number of alkyl halides is 9. The molecule has 0 radical (unpaired) electrons. The molecule has 0 aliphatic rings. The highest BCUT2D eigenvalue weighted by Crippen LogP contribution is 2.47. The fourth-order valence-electron chi connectivity index (χ4n) is 6.07. The van der Waals surface area contributed by atoms with Gasteiger partial charge in [0.05, 0.1) is 16.7 Å². The molecule has 0 saturated heterocycles. The second-order valence-corrected chi connectivity index (χ2v) is 11.8. The Kier molecular flexibility index (Phi) is 15.2. The van der Waals surface area contributed by atoms with Crippen molar-refractivity contribution < 1.29 is 39.5 Å². The van der Waals surface area contributed by atoms with E-state index in [-0.39, 0.29) is 12.4 Å². The Hall–Kier alpha value is -2.72. The topological polar surface area (TPSA) is 3.24 Å². The van der Waals surface area contributed by atoms with E-state index < -0.39 is 53.3 Å². The normalized spacial score (nSPS) is 14.5. The lowest BCUT2D eigenvalue weighted by atomic mass is 9.86. The summed E-state index contributed by atoms with van der Waals surface area (Å²) in [6.45, 7) is 5.78. The first-order valence-corrected chi connectivity index (χ1v) is 15.9. The van der Waals surface area contributed by atoms with Crippen LogP contribution in [0.15, 0.2) is 72.8 Å². The quantitative estimate of drug-likeness (QED) is 0.143. The van der Waals surface area contributed by atoms with Gasteiger partial charge in [0.25, 0.3) is 0 Å². The molecule has 0 aromatic heterocycles. The minimum atomic E-state index is -4.64. The average molecular weight is 696 g/mol. The second kappa shape index (κ2) is 17.6. The zero-order chi connectivity index (χ0) is 34.1. The zero-order valence-corrected chi connectivity index (χ0v) is 27.6. The molecular weight excluding hydrogens is 653 g/mol. The highest BCUT2D eigenvalue weighted by Gasteiger charge is 2.39.